The summed E-state index contributed by atoms with van der Waals surface area (Å²) in [5.41, 5.74) is 1.12. The van der Waals surface area contributed by atoms with E-state index in [2.05, 4.69) is 42.4 Å². The smallest absolute Gasteiger partial charge is 0.128 e. The van der Waals surface area contributed by atoms with Crippen molar-refractivity contribution in [3.8, 4) is 0 Å². The molecule has 2 rings (SSSR count). The van der Waals surface area contributed by atoms with Crippen molar-refractivity contribution in [3.63, 3.8) is 0 Å². The molecular formula is C16H27N3O. The summed E-state index contributed by atoms with van der Waals surface area (Å²) in [5.74, 6) is 1.81. The molecule has 1 N–H and O–H groups in total. The molecule has 2 heterocycles. The molecular weight excluding hydrogens is 250 g/mol. The normalized spacial score (nSPS) is 16.3. The SMILES string of the molecule is CCCNCc1cccc(N(C)CC2CCOCC2)n1. The maximum Gasteiger partial charge on any atom is 0.128 e. The highest BCUT2D eigenvalue weighted by molar-refractivity contribution is 5.38. The Kier molecular flexibility index (Phi) is 6.27. The molecule has 4 nitrogen and oxygen atoms in total. The fraction of sp³-hybridized carbons (Fsp3) is 0.688. The first-order valence-corrected chi connectivity index (χ1v) is 7.75. The van der Waals surface area contributed by atoms with E-state index in [1.165, 1.54) is 12.8 Å². The number of rotatable bonds is 7. The molecule has 1 aliphatic heterocycles. The molecule has 1 aliphatic rings. The van der Waals surface area contributed by atoms with Gasteiger partial charge in [0.15, 0.2) is 0 Å². The molecule has 0 radical (unpaired) electrons. The standard InChI is InChI=1S/C16H27N3O/c1-3-9-17-12-15-5-4-6-16(18-15)19(2)13-14-7-10-20-11-8-14/h4-6,14,17H,3,7-13H2,1-2H3. The van der Waals surface area contributed by atoms with Crippen molar-refractivity contribution in [2.45, 2.75) is 32.7 Å². The Labute approximate surface area is 122 Å². The minimum absolute atomic E-state index is 0.734. The van der Waals surface area contributed by atoms with E-state index in [0.29, 0.717) is 0 Å². The lowest BCUT2D eigenvalue weighted by Gasteiger charge is -2.28. The predicted molar refractivity (Wildman–Crippen MR) is 83.0 cm³/mol. The number of aromatic nitrogens is 1. The Hall–Kier alpha value is -1.13. The molecule has 0 atom stereocenters. The number of ether oxygens (including phenoxy) is 1. The number of hydrogen-bond acceptors (Lipinski definition) is 4. The zero-order valence-corrected chi connectivity index (χ0v) is 12.8. The minimum atomic E-state index is 0.734. The van der Waals surface area contributed by atoms with Crippen LogP contribution in [0.4, 0.5) is 5.82 Å². The summed E-state index contributed by atoms with van der Waals surface area (Å²) >= 11 is 0. The molecule has 1 aromatic rings. The summed E-state index contributed by atoms with van der Waals surface area (Å²) in [4.78, 5) is 7.02. The molecule has 0 saturated carbocycles. The summed E-state index contributed by atoms with van der Waals surface area (Å²) in [7, 11) is 2.14. The number of nitrogens with zero attached hydrogens (tertiary/aromatic N) is 2. The highest BCUT2D eigenvalue weighted by Crippen LogP contribution is 2.18. The molecule has 0 unspecified atom stereocenters. The van der Waals surface area contributed by atoms with Gasteiger partial charge in [0.2, 0.25) is 0 Å². The summed E-state index contributed by atoms with van der Waals surface area (Å²) in [5, 5.41) is 3.40. The van der Waals surface area contributed by atoms with Crippen LogP contribution in [0.1, 0.15) is 31.9 Å². The predicted octanol–water partition coefficient (Wildman–Crippen LogP) is 2.44. The van der Waals surface area contributed by atoms with Gasteiger partial charge in [0.05, 0.1) is 5.69 Å². The third-order valence-electron chi connectivity index (χ3n) is 3.79. The Bertz CT molecular complexity index is 391. The van der Waals surface area contributed by atoms with E-state index in [0.717, 1.165) is 56.7 Å². The Morgan fingerprint density at radius 3 is 2.90 bits per heavy atom. The number of nitrogens with one attached hydrogen (secondary N) is 1. The molecule has 1 fully saturated rings. The van der Waals surface area contributed by atoms with Gasteiger partial charge in [-0.2, -0.15) is 0 Å². The van der Waals surface area contributed by atoms with Crippen molar-refractivity contribution in [1.29, 1.82) is 0 Å². The van der Waals surface area contributed by atoms with Crippen molar-refractivity contribution < 1.29 is 4.74 Å². The van der Waals surface area contributed by atoms with Crippen LogP contribution in [0.3, 0.4) is 0 Å². The Morgan fingerprint density at radius 2 is 2.15 bits per heavy atom. The largest absolute Gasteiger partial charge is 0.381 e. The molecule has 0 bridgehead atoms. The third-order valence-corrected chi connectivity index (χ3v) is 3.79. The lowest BCUT2D eigenvalue weighted by Crippen LogP contribution is -2.30. The quantitative estimate of drug-likeness (QED) is 0.777. The van der Waals surface area contributed by atoms with Crippen molar-refractivity contribution in [2.75, 3.05) is 38.3 Å². The van der Waals surface area contributed by atoms with E-state index in [1.807, 2.05) is 0 Å². The lowest BCUT2D eigenvalue weighted by molar-refractivity contribution is 0.0685. The average Bonchev–Trinajstić information content (AvgIpc) is 2.49. The van der Waals surface area contributed by atoms with Gasteiger partial charge in [-0.25, -0.2) is 4.98 Å². The van der Waals surface area contributed by atoms with Crippen molar-refractivity contribution >= 4 is 5.82 Å². The molecule has 20 heavy (non-hydrogen) atoms. The van der Waals surface area contributed by atoms with E-state index in [-0.39, 0.29) is 0 Å². The molecule has 1 aromatic heterocycles. The van der Waals surface area contributed by atoms with Gasteiger partial charge in [-0.1, -0.05) is 13.0 Å². The van der Waals surface area contributed by atoms with Crippen LogP contribution in [0.15, 0.2) is 18.2 Å². The second-order valence-corrected chi connectivity index (χ2v) is 5.60. The van der Waals surface area contributed by atoms with E-state index >= 15 is 0 Å². The maximum absolute atomic E-state index is 5.42. The minimum Gasteiger partial charge on any atom is -0.381 e. The van der Waals surface area contributed by atoms with E-state index in [1.54, 1.807) is 0 Å². The van der Waals surface area contributed by atoms with Crippen LogP contribution in [-0.4, -0.2) is 38.3 Å². The summed E-state index contributed by atoms with van der Waals surface area (Å²) < 4.78 is 5.42. The van der Waals surface area contributed by atoms with Gasteiger partial charge in [-0.3, -0.25) is 0 Å². The first-order chi connectivity index (χ1) is 9.79. The van der Waals surface area contributed by atoms with E-state index < -0.39 is 0 Å². The van der Waals surface area contributed by atoms with Crippen LogP contribution in [0, 0.1) is 5.92 Å². The molecule has 0 aliphatic carbocycles. The Balaban J connectivity index is 1.88. The Morgan fingerprint density at radius 1 is 1.35 bits per heavy atom. The summed E-state index contributed by atoms with van der Waals surface area (Å²) in [6, 6.07) is 6.29. The van der Waals surface area contributed by atoms with Gasteiger partial charge in [0.1, 0.15) is 5.82 Å². The van der Waals surface area contributed by atoms with Crippen LogP contribution in [0.2, 0.25) is 0 Å². The number of pyridine rings is 1. The van der Waals surface area contributed by atoms with Gasteiger partial charge in [0.25, 0.3) is 0 Å². The summed E-state index contributed by atoms with van der Waals surface area (Å²) in [6.07, 6.45) is 3.49. The molecule has 0 amide bonds. The average molecular weight is 277 g/mol. The van der Waals surface area contributed by atoms with Gasteiger partial charge in [0, 0.05) is 33.4 Å². The molecule has 1 saturated heterocycles. The third kappa shape index (κ3) is 4.76. The topological polar surface area (TPSA) is 37.4 Å². The van der Waals surface area contributed by atoms with E-state index in [4.69, 9.17) is 9.72 Å². The van der Waals surface area contributed by atoms with Crippen LogP contribution in [-0.2, 0) is 11.3 Å². The van der Waals surface area contributed by atoms with E-state index in [9.17, 15) is 0 Å². The summed E-state index contributed by atoms with van der Waals surface area (Å²) in [6.45, 7) is 6.97. The van der Waals surface area contributed by atoms with Crippen molar-refractivity contribution in [3.05, 3.63) is 23.9 Å². The number of hydrogen-bond donors (Lipinski definition) is 1. The zero-order chi connectivity index (χ0) is 14.2. The van der Waals surface area contributed by atoms with Gasteiger partial charge >= 0.3 is 0 Å². The first-order valence-electron chi connectivity index (χ1n) is 7.75. The number of anilines is 1. The molecule has 4 heteroatoms. The van der Waals surface area contributed by atoms with Crippen molar-refractivity contribution in [1.82, 2.24) is 10.3 Å². The molecule has 112 valence electrons. The second-order valence-electron chi connectivity index (χ2n) is 5.60. The molecule has 0 aromatic carbocycles. The highest BCUT2D eigenvalue weighted by atomic mass is 16.5. The van der Waals surface area contributed by atoms with Crippen LogP contribution < -0.4 is 10.2 Å². The van der Waals surface area contributed by atoms with Crippen LogP contribution >= 0.6 is 0 Å². The van der Waals surface area contributed by atoms with Gasteiger partial charge < -0.3 is 15.0 Å². The van der Waals surface area contributed by atoms with Crippen molar-refractivity contribution in [2.24, 2.45) is 5.92 Å². The molecule has 0 spiro atoms. The fourth-order valence-electron chi connectivity index (χ4n) is 2.58. The second kappa shape index (κ2) is 8.22. The maximum atomic E-state index is 5.42. The monoisotopic (exact) mass is 277 g/mol. The fourth-order valence-corrected chi connectivity index (χ4v) is 2.58. The van der Waals surface area contributed by atoms with Crippen LogP contribution in [0.25, 0.3) is 0 Å². The highest BCUT2D eigenvalue weighted by Gasteiger charge is 2.16. The lowest BCUT2D eigenvalue weighted by atomic mass is 10.00. The zero-order valence-electron chi connectivity index (χ0n) is 12.8. The van der Waals surface area contributed by atoms with Crippen LogP contribution in [0.5, 0.6) is 0 Å². The first kappa shape index (κ1) is 15.3. The van der Waals surface area contributed by atoms with Gasteiger partial charge in [-0.15, -0.1) is 0 Å². The van der Waals surface area contributed by atoms with Gasteiger partial charge in [-0.05, 0) is 43.9 Å².